The highest BCUT2D eigenvalue weighted by Gasteiger charge is 2.21. The monoisotopic (exact) mass is 277 g/mol. The second-order valence-corrected chi connectivity index (χ2v) is 5.21. The van der Waals surface area contributed by atoms with Crippen molar-refractivity contribution in [3.63, 3.8) is 0 Å². The van der Waals surface area contributed by atoms with E-state index in [1.165, 1.54) is 19.3 Å². The molecule has 0 saturated carbocycles. The van der Waals surface area contributed by atoms with E-state index in [0.717, 1.165) is 18.9 Å². The van der Waals surface area contributed by atoms with Crippen molar-refractivity contribution >= 4 is 17.5 Å². The summed E-state index contributed by atoms with van der Waals surface area (Å²) in [6, 6.07) is 1.76. The van der Waals surface area contributed by atoms with Crippen LogP contribution >= 0.6 is 0 Å². The van der Waals surface area contributed by atoms with Gasteiger partial charge in [-0.2, -0.15) is 0 Å². The standard InChI is InChI=1S/C15H23N3O2/c1-3-11-6-5-7-18(10-11)14-8-12(13(16)9-17-14)15(19)20-4-2/h8-9,11H,3-7,10,16H2,1-2H3. The van der Waals surface area contributed by atoms with Crippen LogP contribution in [0.15, 0.2) is 12.3 Å². The van der Waals surface area contributed by atoms with Gasteiger partial charge in [0.1, 0.15) is 5.82 Å². The maximum Gasteiger partial charge on any atom is 0.340 e. The van der Waals surface area contributed by atoms with Gasteiger partial charge in [-0.3, -0.25) is 0 Å². The molecule has 1 aromatic rings. The fourth-order valence-corrected chi connectivity index (χ4v) is 2.62. The van der Waals surface area contributed by atoms with Crippen LogP contribution in [0.25, 0.3) is 0 Å². The number of pyridine rings is 1. The number of hydrogen-bond donors (Lipinski definition) is 1. The smallest absolute Gasteiger partial charge is 0.340 e. The van der Waals surface area contributed by atoms with Crippen LogP contribution in [0.3, 0.4) is 0 Å². The van der Waals surface area contributed by atoms with E-state index in [-0.39, 0.29) is 5.97 Å². The Labute approximate surface area is 120 Å². The largest absolute Gasteiger partial charge is 0.462 e. The molecule has 1 aliphatic rings. The van der Waals surface area contributed by atoms with E-state index in [1.807, 2.05) is 0 Å². The molecule has 5 heteroatoms. The van der Waals surface area contributed by atoms with E-state index in [1.54, 1.807) is 19.2 Å². The Balaban J connectivity index is 2.20. The van der Waals surface area contributed by atoms with Gasteiger partial charge in [0.15, 0.2) is 0 Å². The lowest BCUT2D eigenvalue weighted by atomic mass is 9.95. The Bertz CT molecular complexity index is 476. The van der Waals surface area contributed by atoms with Gasteiger partial charge in [0.2, 0.25) is 0 Å². The molecule has 0 bridgehead atoms. The predicted molar refractivity (Wildman–Crippen MR) is 79.8 cm³/mol. The predicted octanol–water partition coefficient (Wildman–Crippen LogP) is 2.47. The highest BCUT2D eigenvalue weighted by atomic mass is 16.5. The molecule has 0 amide bonds. The molecule has 1 saturated heterocycles. The van der Waals surface area contributed by atoms with E-state index in [4.69, 9.17) is 10.5 Å². The molecule has 1 unspecified atom stereocenters. The van der Waals surface area contributed by atoms with E-state index < -0.39 is 0 Å². The zero-order chi connectivity index (χ0) is 14.5. The number of esters is 1. The van der Waals surface area contributed by atoms with Gasteiger partial charge in [-0.05, 0) is 31.7 Å². The Morgan fingerprint density at radius 2 is 2.35 bits per heavy atom. The molecule has 1 aromatic heterocycles. The molecule has 0 spiro atoms. The van der Waals surface area contributed by atoms with Gasteiger partial charge in [0.25, 0.3) is 0 Å². The number of nitrogens with two attached hydrogens (primary N) is 1. The van der Waals surface area contributed by atoms with E-state index in [0.29, 0.717) is 23.8 Å². The van der Waals surface area contributed by atoms with Gasteiger partial charge >= 0.3 is 5.97 Å². The van der Waals surface area contributed by atoms with Crippen molar-refractivity contribution in [2.45, 2.75) is 33.1 Å². The van der Waals surface area contributed by atoms with Gasteiger partial charge in [0, 0.05) is 13.1 Å². The Morgan fingerprint density at radius 1 is 1.55 bits per heavy atom. The molecule has 1 atom stereocenters. The zero-order valence-electron chi connectivity index (χ0n) is 12.3. The number of aromatic nitrogens is 1. The fraction of sp³-hybridized carbons (Fsp3) is 0.600. The first kappa shape index (κ1) is 14.6. The molecule has 1 aliphatic heterocycles. The first-order chi connectivity index (χ1) is 9.65. The second-order valence-electron chi connectivity index (χ2n) is 5.21. The average Bonchev–Trinajstić information content (AvgIpc) is 2.48. The minimum Gasteiger partial charge on any atom is -0.462 e. The number of nitrogen functional groups attached to an aromatic ring is 1. The van der Waals surface area contributed by atoms with Gasteiger partial charge < -0.3 is 15.4 Å². The molecule has 20 heavy (non-hydrogen) atoms. The highest BCUT2D eigenvalue weighted by molar-refractivity contribution is 5.95. The van der Waals surface area contributed by atoms with Crippen molar-refractivity contribution in [1.82, 2.24) is 4.98 Å². The fourth-order valence-electron chi connectivity index (χ4n) is 2.62. The third-order valence-corrected chi connectivity index (χ3v) is 3.84. The Hall–Kier alpha value is -1.78. The molecule has 0 aliphatic carbocycles. The lowest BCUT2D eigenvalue weighted by Crippen LogP contribution is -2.35. The normalized spacial score (nSPS) is 18.9. The summed E-state index contributed by atoms with van der Waals surface area (Å²) in [5.74, 6) is 1.15. The first-order valence-electron chi connectivity index (χ1n) is 7.33. The van der Waals surface area contributed by atoms with Gasteiger partial charge in [-0.1, -0.05) is 13.3 Å². The van der Waals surface area contributed by atoms with E-state index >= 15 is 0 Å². The van der Waals surface area contributed by atoms with Crippen LogP contribution in [0, 0.1) is 5.92 Å². The van der Waals surface area contributed by atoms with Crippen LogP contribution in [0.4, 0.5) is 11.5 Å². The third-order valence-electron chi connectivity index (χ3n) is 3.84. The topological polar surface area (TPSA) is 68.5 Å². The Kier molecular flexibility index (Phi) is 4.82. The maximum atomic E-state index is 11.9. The summed E-state index contributed by atoms with van der Waals surface area (Å²) in [5.41, 5.74) is 6.61. The second kappa shape index (κ2) is 6.59. The minimum absolute atomic E-state index is 0.345. The van der Waals surface area contributed by atoms with E-state index in [9.17, 15) is 4.79 Å². The van der Waals surface area contributed by atoms with Crippen LogP contribution in [0.2, 0.25) is 0 Å². The summed E-state index contributed by atoms with van der Waals surface area (Å²) in [4.78, 5) is 18.5. The molecule has 2 N–H and O–H groups in total. The van der Waals surface area contributed by atoms with E-state index in [2.05, 4.69) is 16.8 Å². The van der Waals surface area contributed by atoms with Crippen molar-refractivity contribution < 1.29 is 9.53 Å². The van der Waals surface area contributed by atoms with Gasteiger partial charge in [-0.15, -0.1) is 0 Å². The quantitative estimate of drug-likeness (QED) is 0.856. The lowest BCUT2D eigenvalue weighted by molar-refractivity contribution is 0.0527. The number of carbonyl (C=O) groups is 1. The lowest BCUT2D eigenvalue weighted by Gasteiger charge is -2.33. The summed E-state index contributed by atoms with van der Waals surface area (Å²) in [6.07, 6.45) is 5.17. The van der Waals surface area contributed by atoms with Crippen molar-refractivity contribution in [2.24, 2.45) is 5.92 Å². The van der Waals surface area contributed by atoms with Crippen molar-refractivity contribution in [2.75, 3.05) is 30.3 Å². The molecule has 2 rings (SSSR count). The van der Waals surface area contributed by atoms with Gasteiger partial charge in [-0.25, -0.2) is 9.78 Å². The molecule has 5 nitrogen and oxygen atoms in total. The molecule has 1 fully saturated rings. The zero-order valence-corrected chi connectivity index (χ0v) is 12.3. The van der Waals surface area contributed by atoms with Crippen molar-refractivity contribution in [3.8, 4) is 0 Å². The number of rotatable bonds is 4. The van der Waals surface area contributed by atoms with Crippen LogP contribution < -0.4 is 10.6 Å². The molecule has 2 heterocycles. The summed E-state index contributed by atoms with van der Waals surface area (Å²) in [7, 11) is 0. The number of hydrogen-bond acceptors (Lipinski definition) is 5. The molecular weight excluding hydrogens is 254 g/mol. The van der Waals surface area contributed by atoms with Crippen LogP contribution in [0.5, 0.6) is 0 Å². The number of carbonyl (C=O) groups excluding carboxylic acids is 1. The SMILES string of the molecule is CCOC(=O)c1cc(N2CCCC(CC)C2)ncc1N. The van der Waals surface area contributed by atoms with Crippen molar-refractivity contribution in [1.29, 1.82) is 0 Å². The summed E-state index contributed by atoms with van der Waals surface area (Å²) >= 11 is 0. The highest BCUT2D eigenvalue weighted by Crippen LogP contribution is 2.25. The third kappa shape index (κ3) is 3.21. The minimum atomic E-state index is -0.377. The summed E-state index contributed by atoms with van der Waals surface area (Å²) in [5, 5.41) is 0. The molecule has 110 valence electrons. The first-order valence-corrected chi connectivity index (χ1v) is 7.33. The number of nitrogens with zero attached hydrogens (tertiary/aromatic N) is 2. The van der Waals surface area contributed by atoms with Crippen LogP contribution in [0.1, 0.15) is 43.5 Å². The van der Waals surface area contributed by atoms with Crippen molar-refractivity contribution in [3.05, 3.63) is 17.8 Å². The Morgan fingerprint density at radius 3 is 3.05 bits per heavy atom. The van der Waals surface area contributed by atoms with Crippen LogP contribution in [-0.4, -0.2) is 30.6 Å². The molecule has 0 radical (unpaired) electrons. The average molecular weight is 277 g/mol. The maximum absolute atomic E-state index is 11.9. The molecule has 0 aromatic carbocycles. The van der Waals surface area contributed by atoms with Crippen LogP contribution in [-0.2, 0) is 4.74 Å². The summed E-state index contributed by atoms with van der Waals surface area (Å²) < 4.78 is 5.03. The number of ether oxygens (including phenoxy) is 1. The number of anilines is 2. The molecular formula is C15H23N3O2. The van der Waals surface area contributed by atoms with Gasteiger partial charge in [0.05, 0.1) is 24.1 Å². The number of piperidine rings is 1. The summed E-state index contributed by atoms with van der Waals surface area (Å²) in [6.45, 7) is 6.32.